The second kappa shape index (κ2) is 3.90. The molecule has 0 saturated carbocycles. The molecular weight excluding hydrogens is 230 g/mol. The van der Waals surface area contributed by atoms with Gasteiger partial charge in [0.1, 0.15) is 5.75 Å². The first-order valence-corrected chi connectivity index (χ1v) is 5.82. The second-order valence-corrected chi connectivity index (χ2v) is 4.52. The van der Waals surface area contributed by atoms with E-state index in [9.17, 15) is 8.42 Å². The van der Waals surface area contributed by atoms with Gasteiger partial charge in [0.2, 0.25) is 0 Å². The predicted octanol–water partition coefficient (Wildman–Crippen LogP) is 1.63. The molecule has 0 atom stereocenters. The van der Waals surface area contributed by atoms with E-state index in [2.05, 4.69) is 0 Å². The number of furan rings is 1. The van der Waals surface area contributed by atoms with E-state index in [1.807, 2.05) is 0 Å². The number of hydrogen-bond acceptors (Lipinski definition) is 5. The quantitative estimate of drug-likeness (QED) is 0.650. The van der Waals surface area contributed by atoms with Gasteiger partial charge < -0.3 is 14.3 Å². The second-order valence-electron chi connectivity index (χ2n) is 3.04. The molecule has 0 aliphatic rings. The number of benzene rings is 1. The highest BCUT2D eigenvalue weighted by molar-refractivity contribution is 7.87. The average Bonchev–Trinajstić information content (AvgIpc) is 2.75. The largest absolute Gasteiger partial charge is 0.450 e. The van der Waals surface area contributed by atoms with Crippen molar-refractivity contribution in [2.75, 3.05) is 5.73 Å². The van der Waals surface area contributed by atoms with E-state index in [1.54, 1.807) is 12.1 Å². The molecule has 1 heterocycles. The van der Waals surface area contributed by atoms with Crippen LogP contribution in [-0.4, -0.2) is 8.42 Å². The zero-order chi connectivity index (χ0) is 11.6. The summed E-state index contributed by atoms with van der Waals surface area (Å²) in [7, 11) is -3.89. The van der Waals surface area contributed by atoms with Crippen LogP contribution in [0.4, 0.5) is 5.69 Å². The van der Waals surface area contributed by atoms with Crippen molar-refractivity contribution >= 4 is 15.8 Å². The maximum Gasteiger partial charge on any atom is 0.373 e. The molecule has 0 aliphatic carbocycles. The first-order chi connectivity index (χ1) is 7.58. The molecule has 1 aromatic heterocycles. The Morgan fingerprint density at radius 1 is 1.12 bits per heavy atom. The van der Waals surface area contributed by atoms with Crippen molar-refractivity contribution in [1.29, 1.82) is 0 Å². The van der Waals surface area contributed by atoms with E-state index >= 15 is 0 Å². The van der Waals surface area contributed by atoms with Crippen molar-refractivity contribution in [3.63, 3.8) is 0 Å². The Hall–Kier alpha value is -1.95. The van der Waals surface area contributed by atoms with Gasteiger partial charge in [-0.15, -0.1) is 0 Å². The molecule has 0 amide bonds. The Bertz CT molecular complexity index is 557. The molecular formula is C10H9NO4S. The van der Waals surface area contributed by atoms with Crippen LogP contribution in [-0.2, 0) is 10.1 Å². The molecule has 84 valence electrons. The Labute approximate surface area is 92.6 Å². The maximum atomic E-state index is 11.6. The zero-order valence-electron chi connectivity index (χ0n) is 8.16. The highest BCUT2D eigenvalue weighted by Gasteiger charge is 2.19. The Balaban J connectivity index is 2.25. The molecule has 0 spiro atoms. The molecule has 0 fully saturated rings. The van der Waals surface area contributed by atoms with Crippen molar-refractivity contribution in [3.8, 4) is 5.75 Å². The zero-order valence-corrected chi connectivity index (χ0v) is 8.98. The molecule has 2 aromatic rings. The van der Waals surface area contributed by atoms with Crippen molar-refractivity contribution in [3.05, 3.63) is 42.7 Å². The van der Waals surface area contributed by atoms with Gasteiger partial charge in [-0.3, -0.25) is 0 Å². The summed E-state index contributed by atoms with van der Waals surface area (Å²) in [6, 6.07) is 8.82. The van der Waals surface area contributed by atoms with E-state index in [0.717, 1.165) is 0 Å². The fraction of sp³-hybridized carbons (Fsp3) is 0. The summed E-state index contributed by atoms with van der Waals surface area (Å²) >= 11 is 0. The monoisotopic (exact) mass is 239 g/mol. The lowest BCUT2D eigenvalue weighted by molar-refractivity contribution is 0.410. The van der Waals surface area contributed by atoms with Crippen LogP contribution in [0.3, 0.4) is 0 Å². The topological polar surface area (TPSA) is 82.5 Å². The van der Waals surface area contributed by atoms with E-state index in [4.69, 9.17) is 14.3 Å². The van der Waals surface area contributed by atoms with Gasteiger partial charge in [0.05, 0.1) is 6.26 Å². The number of anilines is 1. The molecule has 2 N–H and O–H groups in total. The van der Waals surface area contributed by atoms with Gasteiger partial charge in [-0.2, -0.15) is 8.42 Å². The highest BCUT2D eigenvalue weighted by atomic mass is 32.2. The summed E-state index contributed by atoms with van der Waals surface area (Å²) in [5.74, 6) is 0.186. The molecule has 1 aromatic carbocycles. The summed E-state index contributed by atoms with van der Waals surface area (Å²) < 4.78 is 32.8. The smallest absolute Gasteiger partial charge is 0.373 e. The molecule has 5 nitrogen and oxygen atoms in total. The molecule has 16 heavy (non-hydrogen) atoms. The van der Waals surface area contributed by atoms with Gasteiger partial charge in [-0.1, -0.05) is 0 Å². The van der Waals surface area contributed by atoms with Crippen LogP contribution in [0.25, 0.3) is 0 Å². The average molecular weight is 239 g/mol. The number of nitrogen functional groups attached to an aromatic ring is 1. The lowest BCUT2D eigenvalue weighted by atomic mass is 10.3. The van der Waals surface area contributed by atoms with E-state index in [-0.39, 0.29) is 10.8 Å². The van der Waals surface area contributed by atoms with Crippen molar-refractivity contribution in [2.45, 2.75) is 5.09 Å². The predicted molar refractivity (Wildman–Crippen MR) is 57.4 cm³/mol. The van der Waals surface area contributed by atoms with Gasteiger partial charge in [0.15, 0.2) is 0 Å². The van der Waals surface area contributed by atoms with Crippen molar-refractivity contribution < 1.29 is 17.0 Å². The third-order valence-electron chi connectivity index (χ3n) is 1.83. The standard InChI is InChI=1S/C10H9NO4S/c11-8-3-5-9(6-4-8)15-16(12,13)10-2-1-7-14-10/h1-7H,11H2. The number of nitrogens with two attached hydrogens (primary N) is 1. The summed E-state index contributed by atoms with van der Waals surface area (Å²) in [6.07, 6.45) is 1.26. The lowest BCUT2D eigenvalue weighted by Crippen LogP contribution is -2.08. The van der Waals surface area contributed by atoms with Gasteiger partial charge in [0.25, 0.3) is 5.09 Å². The first kappa shape index (κ1) is 10.6. The molecule has 0 saturated heterocycles. The van der Waals surface area contributed by atoms with Gasteiger partial charge in [-0.25, -0.2) is 0 Å². The van der Waals surface area contributed by atoms with E-state index in [1.165, 1.54) is 30.5 Å². The van der Waals surface area contributed by atoms with Crippen LogP contribution in [0, 0.1) is 0 Å². The van der Waals surface area contributed by atoms with Crippen molar-refractivity contribution in [2.24, 2.45) is 0 Å². The summed E-state index contributed by atoms with van der Waals surface area (Å²) in [6.45, 7) is 0. The third kappa shape index (κ3) is 2.17. The number of rotatable bonds is 3. The van der Waals surface area contributed by atoms with E-state index < -0.39 is 10.1 Å². The fourth-order valence-electron chi connectivity index (χ4n) is 1.10. The Kier molecular flexibility index (Phi) is 2.57. The van der Waals surface area contributed by atoms with Crippen molar-refractivity contribution in [1.82, 2.24) is 0 Å². The Morgan fingerprint density at radius 3 is 2.38 bits per heavy atom. The highest BCUT2D eigenvalue weighted by Crippen LogP contribution is 2.19. The van der Waals surface area contributed by atoms with E-state index in [0.29, 0.717) is 5.69 Å². The molecule has 0 aliphatic heterocycles. The van der Waals surface area contributed by atoms with Gasteiger partial charge >= 0.3 is 10.1 Å². The van der Waals surface area contributed by atoms with Gasteiger partial charge in [-0.05, 0) is 36.4 Å². The Morgan fingerprint density at radius 2 is 1.81 bits per heavy atom. The number of hydrogen-bond donors (Lipinski definition) is 1. The first-order valence-electron chi connectivity index (χ1n) is 4.41. The SMILES string of the molecule is Nc1ccc(OS(=O)(=O)c2ccco2)cc1. The fourth-order valence-corrected chi connectivity index (χ4v) is 1.96. The minimum Gasteiger partial charge on any atom is -0.450 e. The summed E-state index contributed by atoms with van der Waals surface area (Å²) in [5, 5.41) is -0.232. The molecule has 2 rings (SSSR count). The molecule has 0 bridgehead atoms. The third-order valence-corrected chi connectivity index (χ3v) is 2.96. The molecule has 6 heteroatoms. The van der Waals surface area contributed by atoms with Crippen LogP contribution >= 0.6 is 0 Å². The van der Waals surface area contributed by atoms with Crippen LogP contribution in [0.5, 0.6) is 5.75 Å². The maximum absolute atomic E-state index is 11.6. The van der Waals surface area contributed by atoms with Crippen LogP contribution in [0.2, 0.25) is 0 Å². The minimum absolute atomic E-state index is 0.186. The molecule has 0 radical (unpaired) electrons. The minimum atomic E-state index is -3.89. The lowest BCUT2D eigenvalue weighted by Gasteiger charge is -2.04. The summed E-state index contributed by atoms with van der Waals surface area (Å²) in [5.41, 5.74) is 5.99. The van der Waals surface area contributed by atoms with Crippen LogP contribution < -0.4 is 9.92 Å². The molecule has 0 unspecified atom stereocenters. The van der Waals surface area contributed by atoms with Crippen LogP contribution in [0.1, 0.15) is 0 Å². The van der Waals surface area contributed by atoms with Crippen LogP contribution in [0.15, 0.2) is 52.2 Å². The normalized spacial score (nSPS) is 11.2. The van der Waals surface area contributed by atoms with Gasteiger partial charge in [0, 0.05) is 5.69 Å². The summed E-state index contributed by atoms with van der Waals surface area (Å²) in [4.78, 5) is 0.